The van der Waals surface area contributed by atoms with Crippen molar-refractivity contribution in [2.75, 3.05) is 36.4 Å². The Morgan fingerprint density at radius 2 is 1.69 bits per heavy atom. The molecule has 2 aromatic carbocycles. The van der Waals surface area contributed by atoms with Crippen molar-refractivity contribution in [1.82, 2.24) is 14.9 Å². The molecule has 2 fully saturated rings. The van der Waals surface area contributed by atoms with Gasteiger partial charge in [0.05, 0.1) is 11.0 Å². The molecule has 0 spiro atoms. The van der Waals surface area contributed by atoms with Crippen LogP contribution in [0.1, 0.15) is 24.0 Å². The minimum absolute atomic E-state index is 0.560. The van der Waals surface area contributed by atoms with Gasteiger partial charge in [0.1, 0.15) is 0 Å². The molecule has 5 rings (SSSR count). The number of alkyl halides is 3. The van der Waals surface area contributed by atoms with E-state index in [1.54, 1.807) is 0 Å². The highest BCUT2D eigenvalue weighted by Gasteiger charge is 2.38. The zero-order valence-electron chi connectivity index (χ0n) is 19.7. The van der Waals surface area contributed by atoms with Crippen molar-refractivity contribution < 1.29 is 23.1 Å². The lowest BCUT2D eigenvalue weighted by molar-refractivity contribution is -0.192. The Labute approximate surface area is 215 Å². The van der Waals surface area contributed by atoms with E-state index in [9.17, 15) is 13.2 Å². The van der Waals surface area contributed by atoms with Gasteiger partial charge in [0.15, 0.2) is 11.6 Å². The van der Waals surface area contributed by atoms with Gasteiger partial charge in [0.2, 0.25) is 0 Å². The fourth-order valence-electron chi connectivity index (χ4n) is 3.90. The highest BCUT2D eigenvalue weighted by atomic mass is 79.9. The third-order valence-corrected chi connectivity index (χ3v) is 6.58. The number of anilines is 2. The number of para-hydroxylation sites is 2. The van der Waals surface area contributed by atoms with Crippen molar-refractivity contribution in [2.24, 2.45) is 0 Å². The molecule has 0 atom stereocenters. The lowest BCUT2D eigenvalue weighted by Gasteiger charge is -2.36. The summed E-state index contributed by atoms with van der Waals surface area (Å²) in [5.41, 5.74) is 4.68. The maximum absolute atomic E-state index is 10.6. The van der Waals surface area contributed by atoms with E-state index in [1.807, 2.05) is 18.2 Å². The molecule has 1 saturated heterocycles. The minimum atomic E-state index is -5.08. The summed E-state index contributed by atoms with van der Waals surface area (Å²) in [5.74, 6) is -0.802. The number of rotatable bonds is 5. The summed E-state index contributed by atoms with van der Waals surface area (Å²) in [6.07, 6.45) is -2.62. The number of halogens is 4. The smallest absolute Gasteiger partial charge is 0.475 e. The van der Waals surface area contributed by atoms with Gasteiger partial charge in [-0.05, 0) is 55.2 Å². The van der Waals surface area contributed by atoms with Crippen LogP contribution in [0.15, 0.2) is 46.9 Å². The van der Waals surface area contributed by atoms with Crippen molar-refractivity contribution >= 4 is 44.6 Å². The van der Waals surface area contributed by atoms with Crippen LogP contribution >= 0.6 is 15.9 Å². The summed E-state index contributed by atoms with van der Waals surface area (Å²) in [6.45, 7) is 7.19. The monoisotopic (exact) mass is 565 g/mol. The summed E-state index contributed by atoms with van der Waals surface area (Å²) < 4.78 is 32.9. The average Bonchev–Trinajstić information content (AvgIpc) is 3.65. The molecule has 7 nitrogen and oxygen atoms in total. The number of aryl methyl sites for hydroxylation is 1. The van der Waals surface area contributed by atoms with Gasteiger partial charge in [0.25, 0.3) is 0 Å². The van der Waals surface area contributed by atoms with Gasteiger partial charge in [0, 0.05) is 43.2 Å². The van der Waals surface area contributed by atoms with E-state index in [4.69, 9.17) is 19.9 Å². The van der Waals surface area contributed by atoms with E-state index < -0.39 is 12.1 Å². The van der Waals surface area contributed by atoms with E-state index in [-0.39, 0.29) is 0 Å². The summed E-state index contributed by atoms with van der Waals surface area (Å²) in [6, 6.07) is 15.3. The molecular formula is C25H27BrF3N5O2. The van der Waals surface area contributed by atoms with Crippen molar-refractivity contribution in [2.45, 2.75) is 38.5 Å². The van der Waals surface area contributed by atoms with E-state index in [0.29, 0.717) is 6.04 Å². The maximum atomic E-state index is 10.6. The minimum Gasteiger partial charge on any atom is -0.475 e. The van der Waals surface area contributed by atoms with Crippen LogP contribution in [0, 0.1) is 6.92 Å². The number of hydrogen-bond acceptors (Lipinski definition) is 6. The highest BCUT2D eigenvalue weighted by Crippen LogP contribution is 2.31. The number of carboxylic acids is 1. The number of hydrogen-bond donors (Lipinski definition) is 2. The van der Waals surface area contributed by atoms with Crippen LogP contribution in [0.2, 0.25) is 0 Å². The molecule has 0 amide bonds. The Kier molecular flexibility index (Phi) is 7.99. The summed E-state index contributed by atoms with van der Waals surface area (Å²) in [7, 11) is 0. The molecule has 0 radical (unpaired) electrons. The molecule has 2 heterocycles. The maximum Gasteiger partial charge on any atom is 0.490 e. The number of aliphatic carboxylic acids is 1. The predicted octanol–water partition coefficient (Wildman–Crippen LogP) is 5.23. The first-order chi connectivity index (χ1) is 17.1. The number of nitrogens with one attached hydrogen (secondary N) is 1. The van der Waals surface area contributed by atoms with Gasteiger partial charge < -0.3 is 15.3 Å². The van der Waals surface area contributed by atoms with E-state index in [1.165, 1.54) is 24.0 Å². The second kappa shape index (κ2) is 11.0. The Morgan fingerprint density at radius 1 is 1.08 bits per heavy atom. The second-order valence-corrected chi connectivity index (χ2v) is 9.86. The summed E-state index contributed by atoms with van der Waals surface area (Å²) in [5, 5.41) is 10.7. The Bertz CT molecular complexity index is 1230. The molecule has 0 unspecified atom stereocenters. The summed E-state index contributed by atoms with van der Waals surface area (Å²) in [4.78, 5) is 23.7. The molecular weight excluding hydrogens is 539 g/mol. The molecule has 36 heavy (non-hydrogen) atoms. The van der Waals surface area contributed by atoms with Crippen LogP contribution in [-0.4, -0.2) is 64.3 Å². The lowest BCUT2D eigenvalue weighted by Crippen LogP contribution is -2.46. The molecule has 2 aliphatic rings. The number of piperazine rings is 1. The first kappa shape index (κ1) is 26.2. The highest BCUT2D eigenvalue weighted by molar-refractivity contribution is 9.10. The summed E-state index contributed by atoms with van der Waals surface area (Å²) >= 11 is 3.60. The molecule has 0 bridgehead atoms. The van der Waals surface area contributed by atoms with E-state index in [0.717, 1.165) is 59.9 Å². The molecule has 2 N–H and O–H groups in total. The zero-order valence-corrected chi connectivity index (χ0v) is 21.3. The van der Waals surface area contributed by atoms with Crippen LogP contribution in [0.4, 0.5) is 24.8 Å². The number of fused-ring (bicyclic) bond motifs is 1. The number of benzene rings is 2. The van der Waals surface area contributed by atoms with Crippen LogP contribution < -0.4 is 10.2 Å². The van der Waals surface area contributed by atoms with Crippen molar-refractivity contribution in [3.63, 3.8) is 0 Å². The molecule has 1 aromatic heterocycles. The fraction of sp³-hybridized carbons (Fsp3) is 0.400. The van der Waals surface area contributed by atoms with Gasteiger partial charge >= 0.3 is 12.1 Å². The standard InChI is InChI=1S/C23H26BrN5.C2HF3O2/c1-16-6-7-18(24)14-17(16)15-28-10-12-29(13-11-28)23-22(25-19-8-9-19)26-20-4-2-3-5-21(20)27-23;3-2(4,5)1(6)7/h2-7,14,19H,8-13,15H2,1H3,(H,25,26);(H,6,7). The van der Waals surface area contributed by atoms with Gasteiger partial charge in [-0.25, -0.2) is 14.8 Å². The second-order valence-electron chi connectivity index (χ2n) is 8.94. The van der Waals surface area contributed by atoms with Crippen LogP contribution in [0.5, 0.6) is 0 Å². The first-order valence-corrected chi connectivity index (χ1v) is 12.4. The van der Waals surface area contributed by atoms with E-state index >= 15 is 0 Å². The van der Waals surface area contributed by atoms with Crippen LogP contribution in [0.25, 0.3) is 11.0 Å². The van der Waals surface area contributed by atoms with Crippen molar-refractivity contribution in [3.8, 4) is 0 Å². The Morgan fingerprint density at radius 3 is 2.28 bits per heavy atom. The van der Waals surface area contributed by atoms with Gasteiger partial charge in [-0.3, -0.25) is 4.90 Å². The normalized spacial score (nSPS) is 16.4. The molecule has 1 aliphatic carbocycles. The first-order valence-electron chi connectivity index (χ1n) is 11.7. The molecule has 192 valence electrons. The van der Waals surface area contributed by atoms with Crippen molar-refractivity contribution in [3.05, 3.63) is 58.1 Å². The van der Waals surface area contributed by atoms with Gasteiger partial charge in [-0.2, -0.15) is 13.2 Å². The quantitative estimate of drug-likeness (QED) is 0.438. The third kappa shape index (κ3) is 6.85. The van der Waals surface area contributed by atoms with Crippen molar-refractivity contribution in [1.29, 1.82) is 0 Å². The van der Waals surface area contributed by atoms with E-state index in [2.05, 4.69) is 62.2 Å². The largest absolute Gasteiger partial charge is 0.490 e. The number of nitrogens with zero attached hydrogens (tertiary/aromatic N) is 4. The molecule has 3 aromatic rings. The SMILES string of the molecule is Cc1ccc(Br)cc1CN1CCN(c2nc3ccccc3nc2NC2CC2)CC1.O=C(O)C(F)(F)F. The van der Waals surface area contributed by atoms with Crippen LogP contribution in [-0.2, 0) is 11.3 Å². The molecule has 1 aliphatic heterocycles. The average molecular weight is 566 g/mol. The van der Waals surface area contributed by atoms with Gasteiger partial charge in [-0.1, -0.05) is 34.1 Å². The van der Waals surface area contributed by atoms with Gasteiger partial charge in [-0.15, -0.1) is 0 Å². The number of aromatic nitrogens is 2. The predicted molar refractivity (Wildman–Crippen MR) is 136 cm³/mol. The van der Waals surface area contributed by atoms with Crippen LogP contribution in [0.3, 0.4) is 0 Å². The Hall–Kier alpha value is -2.92. The lowest BCUT2D eigenvalue weighted by atomic mass is 10.1. The number of carboxylic acid groups (broad SMARTS) is 1. The molecule has 11 heteroatoms. The number of carbonyl (C=O) groups is 1. The topological polar surface area (TPSA) is 81.6 Å². The zero-order chi connectivity index (χ0) is 25.9. The molecule has 1 saturated carbocycles. The fourth-order valence-corrected chi connectivity index (χ4v) is 4.31. The third-order valence-electron chi connectivity index (χ3n) is 6.09. The Balaban J connectivity index is 0.000000384.